The highest BCUT2D eigenvalue weighted by molar-refractivity contribution is 7.66. The van der Waals surface area contributed by atoms with Crippen molar-refractivity contribution in [2.75, 3.05) is 0 Å². The molecule has 0 rings (SSSR count). The summed E-state index contributed by atoms with van der Waals surface area (Å²) in [5, 5.41) is 0.792. The molecule has 0 atom stereocenters. The van der Waals surface area contributed by atoms with Gasteiger partial charge in [0.05, 0.1) is 16.6 Å². The molecule has 0 aromatic rings. The third-order valence-corrected chi connectivity index (χ3v) is 0.493. The van der Waals surface area contributed by atoms with E-state index < -0.39 is 5.91 Å². The monoisotopic (exact) mass is 105 g/mol. The topological polar surface area (TPSA) is 60.2 Å². The van der Waals surface area contributed by atoms with Crippen molar-refractivity contribution in [1.82, 2.24) is 0 Å². The van der Waals surface area contributed by atoms with Crippen LogP contribution in [0.5, 0.6) is 0 Å². The Hall–Kier alpha value is -0.640. The van der Waals surface area contributed by atoms with Crippen LogP contribution in [-0.2, 0) is 16.1 Å². The maximum absolute atomic E-state index is 9.55. The van der Waals surface area contributed by atoms with Crippen LogP contribution in [0, 0.1) is 0 Å². The first-order valence-electron chi connectivity index (χ1n) is 1.18. The Bertz CT molecular complexity index is 104. The lowest BCUT2D eigenvalue weighted by Gasteiger charge is -1.63. The minimum Gasteiger partial charge on any atom is -0.365 e. The summed E-state index contributed by atoms with van der Waals surface area (Å²) in [6.07, 6.45) is 0. The van der Waals surface area contributed by atoms with E-state index in [1.54, 1.807) is 0 Å². The van der Waals surface area contributed by atoms with Crippen molar-refractivity contribution in [3.63, 3.8) is 0 Å². The van der Waals surface area contributed by atoms with Crippen LogP contribution in [0.4, 0.5) is 0 Å². The molecule has 0 radical (unpaired) electrons. The number of carbonyl (C=O) groups excluding carboxylic acids is 1. The number of nitrogens with two attached hydrogens (primary N) is 1. The fourth-order valence-corrected chi connectivity index (χ4v) is 0.142. The van der Waals surface area contributed by atoms with Gasteiger partial charge in [-0.2, -0.15) is 0 Å². The lowest BCUT2D eigenvalue weighted by molar-refractivity contribution is -0.111. The minimum atomic E-state index is -0.685. The Kier molecular flexibility index (Phi) is 2.31. The standard InChI is InChI=1S/C2H3NO2S/c3-2(4)1-6-5/h1H,(H2,3,4). The molecule has 0 aromatic heterocycles. The smallest absolute Gasteiger partial charge is 0.254 e. The summed E-state index contributed by atoms with van der Waals surface area (Å²) in [4.78, 5) is 9.55. The molecule has 0 aromatic carbocycles. The van der Waals surface area contributed by atoms with Gasteiger partial charge in [0, 0.05) is 0 Å². The van der Waals surface area contributed by atoms with Crippen molar-refractivity contribution in [2.45, 2.75) is 0 Å². The predicted molar refractivity (Wildman–Crippen MR) is 23.4 cm³/mol. The van der Waals surface area contributed by atoms with Crippen LogP contribution in [-0.4, -0.2) is 15.5 Å². The Labute approximate surface area is 38.2 Å². The van der Waals surface area contributed by atoms with Crippen LogP contribution in [0.1, 0.15) is 0 Å². The van der Waals surface area contributed by atoms with Gasteiger partial charge in [0.15, 0.2) is 0 Å². The lowest BCUT2D eigenvalue weighted by Crippen LogP contribution is -2.10. The van der Waals surface area contributed by atoms with Gasteiger partial charge in [0.1, 0.15) is 0 Å². The third kappa shape index (κ3) is 3.36. The number of primary amides is 1. The Morgan fingerprint density at radius 1 is 1.83 bits per heavy atom. The molecule has 0 bridgehead atoms. The molecule has 0 aliphatic rings. The average Bonchev–Trinajstić information content (AvgIpc) is 1.35. The zero-order chi connectivity index (χ0) is 4.99. The molecule has 1 amide bonds. The normalized spacial score (nSPS) is 6.67. The van der Waals surface area contributed by atoms with Crippen LogP contribution in [0.25, 0.3) is 0 Å². The van der Waals surface area contributed by atoms with Crippen molar-refractivity contribution < 1.29 is 9.00 Å². The summed E-state index contributed by atoms with van der Waals surface area (Å²) in [6, 6.07) is 0. The molecule has 0 unspecified atom stereocenters. The van der Waals surface area contributed by atoms with Gasteiger partial charge in [-0.05, 0) is 0 Å². The van der Waals surface area contributed by atoms with Gasteiger partial charge < -0.3 is 5.73 Å². The SMILES string of the molecule is NC(=O)C=S=O. The highest BCUT2D eigenvalue weighted by Gasteiger charge is 1.75. The van der Waals surface area contributed by atoms with Crippen molar-refractivity contribution in [3.8, 4) is 0 Å². The second-order valence-electron chi connectivity index (χ2n) is 0.616. The second kappa shape index (κ2) is 2.59. The quantitative estimate of drug-likeness (QED) is 0.412. The number of carbonyl (C=O) groups is 1. The van der Waals surface area contributed by atoms with E-state index in [1.807, 2.05) is 0 Å². The van der Waals surface area contributed by atoms with Gasteiger partial charge in [-0.25, -0.2) is 4.21 Å². The largest absolute Gasteiger partial charge is 0.365 e. The second-order valence-corrected chi connectivity index (χ2v) is 1.04. The van der Waals surface area contributed by atoms with E-state index in [0.29, 0.717) is 0 Å². The molecule has 4 heteroatoms. The van der Waals surface area contributed by atoms with Crippen molar-refractivity contribution in [1.29, 1.82) is 0 Å². The maximum atomic E-state index is 9.55. The van der Waals surface area contributed by atoms with Gasteiger partial charge in [0.2, 0.25) is 0 Å². The van der Waals surface area contributed by atoms with Gasteiger partial charge in [-0.1, -0.05) is 0 Å². The Morgan fingerprint density at radius 3 is 2.33 bits per heavy atom. The minimum absolute atomic E-state index is 0.0602. The zero-order valence-electron chi connectivity index (χ0n) is 2.88. The first kappa shape index (κ1) is 5.36. The van der Waals surface area contributed by atoms with E-state index in [-0.39, 0.29) is 11.3 Å². The summed E-state index contributed by atoms with van der Waals surface area (Å²) in [7, 11) is 0. The van der Waals surface area contributed by atoms with Crippen LogP contribution in [0.15, 0.2) is 0 Å². The van der Waals surface area contributed by atoms with E-state index >= 15 is 0 Å². The maximum Gasteiger partial charge on any atom is 0.254 e. The summed E-state index contributed by atoms with van der Waals surface area (Å²) >= 11 is 0.0602. The summed E-state index contributed by atoms with van der Waals surface area (Å²) in [6.45, 7) is 0. The van der Waals surface area contributed by atoms with E-state index in [2.05, 4.69) is 5.73 Å². The molecule has 2 N–H and O–H groups in total. The highest BCUT2D eigenvalue weighted by atomic mass is 32.1. The average molecular weight is 105 g/mol. The molecular formula is C2H3NO2S. The molecule has 0 fully saturated rings. The van der Waals surface area contributed by atoms with E-state index in [9.17, 15) is 9.00 Å². The number of hydrogen-bond acceptors (Lipinski definition) is 2. The van der Waals surface area contributed by atoms with Gasteiger partial charge in [-0.15, -0.1) is 0 Å². The van der Waals surface area contributed by atoms with Crippen molar-refractivity contribution in [2.24, 2.45) is 5.73 Å². The van der Waals surface area contributed by atoms with Crippen LogP contribution in [0.3, 0.4) is 0 Å². The molecule has 3 nitrogen and oxygen atoms in total. The highest BCUT2D eigenvalue weighted by Crippen LogP contribution is 1.35. The molecule has 6 heavy (non-hydrogen) atoms. The Morgan fingerprint density at radius 2 is 2.33 bits per heavy atom. The Balaban J connectivity index is 3.60. The fourth-order valence-electron chi connectivity index (χ4n) is 0.0474. The molecule has 0 saturated heterocycles. The van der Waals surface area contributed by atoms with Crippen molar-refractivity contribution in [3.05, 3.63) is 0 Å². The van der Waals surface area contributed by atoms with E-state index in [1.165, 1.54) is 0 Å². The van der Waals surface area contributed by atoms with Crippen LogP contribution >= 0.6 is 0 Å². The molecule has 0 heterocycles. The summed E-state index contributed by atoms with van der Waals surface area (Å²) < 4.78 is 9.30. The third-order valence-electron chi connectivity index (χ3n) is 0.164. The lowest BCUT2D eigenvalue weighted by atomic mass is 10.8. The zero-order valence-corrected chi connectivity index (χ0v) is 3.70. The number of amides is 1. The van der Waals surface area contributed by atoms with Gasteiger partial charge in [-0.3, -0.25) is 4.79 Å². The molecule has 0 spiro atoms. The molecule has 34 valence electrons. The van der Waals surface area contributed by atoms with E-state index in [0.717, 1.165) is 5.37 Å². The first-order valence-corrected chi connectivity index (χ1v) is 1.99. The molecule has 0 aliphatic carbocycles. The van der Waals surface area contributed by atoms with Crippen LogP contribution < -0.4 is 5.73 Å². The summed E-state index contributed by atoms with van der Waals surface area (Å²) in [5.41, 5.74) is 4.49. The van der Waals surface area contributed by atoms with Gasteiger partial charge in [0.25, 0.3) is 5.91 Å². The molecular weight excluding hydrogens is 102 g/mol. The number of hydrogen-bond donors (Lipinski definition) is 1. The fraction of sp³-hybridized carbons (Fsp3) is 0. The van der Waals surface area contributed by atoms with Crippen molar-refractivity contribution >= 4 is 22.5 Å². The van der Waals surface area contributed by atoms with Crippen LogP contribution in [0.2, 0.25) is 0 Å². The predicted octanol–water partition coefficient (Wildman–Crippen LogP) is -1.51. The molecule has 0 aliphatic heterocycles. The summed E-state index contributed by atoms with van der Waals surface area (Å²) in [5.74, 6) is -0.685. The van der Waals surface area contributed by atoms with Gasteiger partial charge >= 0.3 is 0 Å². The first-order chi connectivity index (χ1) is 2.77. The molecule has 0 saturated carbocycles. The van der Waals surface area contributed by atoms with E-state index in [4.69, 9.17) is 0 Å². The number of rotatable bonds is 1.